The third-order valence-corrected chi connectivity index (χ3v) is 4.96. The van der Waals surface area contributed by atoms with Gasteiger partial charge in [-0.25, -0.2) is 4.98 Å². The van der Waals surface area contributed by atoms with Crippen molar-refractivity contribution in [1.82, 2.24) is 20.1 Å². The van der Waals surface area contributed by atoms with Crippen LogP contribution in [-0.4, -0.2) is 38.8 Å². The number of halogens is 1. The average Bonchev–Trinajstić information content (AvgIpc) is 3.11. The molecule has 0 radical (unpaired) electrons. The minimum atomic E-state index is 0.0407. The smallest absolute Gasteiger partial charge is 0.233 e. The summed E-state index contributed by atoms with van der Waals surface area (Å²) < 4.78 is 1.03. The Bertz CT molecular complexity index is 836. The van der Waals surface area contributed by atoms with Crippen molar-refractivity contribution < 1.29 is 4.79 Å². The number of carbonyl (C=O) groups excluding carboxylic acids is 1. The van der Waals surface area contributed by atoms with Crippen molar-refractivity contribution in [3.8, 4) is 11.4 Å². The van der Waals surface area contributed by atoms with Crippen LogP contribution in [-0.2, 0) is 11.3 Å². The van der Waals surface area contributed by atoms with E-state index in [1.165, 1.54) is 11.8 Å². The third-order valence-electron chi connectivity index (χ3n) is 3.60. The summed E-state index contributed by atoms with van der Waals surface area (Å²) in [6.45, 7) is 0.579. The van der Waals surface area contributed by atoms with Crippen molar-refractivity contribution in [2.24, 2.45) is 0 Å². The summed E-state index contributed by atoms with van der Waals surface area (Å²) in [6, 6.07) is 17.7. The monoisotopic (exact) mass is 416 g/mol. The fourth-order valence-electron chi connectivity index (χ4n) is 2.22. The number of rotatable bonds is 6. The predicted octanol–water partition coefficient (Wildman–Crippen LogP) is 3.98. The zero-order chi connectivity index (χ0) is 17.6. The third kappa shape index (κ3) is 4.93. The van der Waals surface area contributed by atoms with E-state index in [1.54, 1.807) is 11.9 Å². The van der Waals surface area contributed by atoms with Crippen molar-refractivity contribution in [1.29, 1.82) is 0 Å². The molecule has 128 valence electrons. The quantitative estimate of drug-likeness (QED) is 0.617. The molecule has 0 unspecified atom stereocenters. The zero-order valence-corrected chi connectivity index (χ0v) is 16.0. The molecule has 1 N–H and O–H groups in total. The number of nitrogens with zero attached hydrogens (tertiary/aromatic N) is 3. The zero-order valence-electron chi connectivity index (χ0n) is 13.6. The summed E-state index contributed by atoms with van der Waals surface area (Å²) in [5.74, 6) is 1.05. The van der Waals surface area contributed by atoms with Gasteiger partial charge in [0, 0.05) is 23.6 Å². The SMILES string of the molecule is CN(Cc1ccc(Br)cc1)C(=O)CSc1n[nH]c(-c2ccccc2)n1. The predicted molar refractivity (Wildman–Crippen MR) is 103 cm³/mol. The molecule has 3 rings (SSSR count). The van der Waals surface area contributed by atoms with Gasteiger partial charge in [-0.1, -0.05) is 70.2 Å². The fraction of sp³-hybridized carbons (Fsp3) is 0.167. The van der Waals surface area contributed by atoms with Crippen molar-refractivity contribution in [3.05, 3.63) is 64.6 Å². The standard InChI is InChI=1S/C18H17BrN4OS/c1-23(11-13-7-9-15(19)10-8-13)16(24)12-25-18-20-17(21-22-18)14-5-3-2-4-6-14/h2-10H,11-12H2,1H3,(H,20,21,22). The Balaban J connectivity index is 1.53. The Morgan fingerprint density at radius 2 is 1.88 bits per heavy atom. The van der Waals surface area contributed by atoms with Crippen molar-refractivity contribution >= 4 is 33.6 Å². The first-order valence-corrected chi connectivity index (χ1v) is 9.49. The molecule has 1 amide bonds. The number of benzene rings is 2. The fourth-order valence-corrected chi connectivity index (χ4v) is 3.23. The van der Waals surface area contributed by atoms with E-state index in [-0.39, 0.29) is 5.91 Å². The highest BCUT2D eigenvalue weighted by molar-refractivity contribution is 9.10. The van der Waals surface area contributed by atoms with E-state index >= 15 is 0 Å². The second kappa shape index (κ2) is 8.31. The van der Waals surface area contributed by atoms with Crippen LogP contribution < -0.4 is 0 Å². The summed E-state index contributed by atoms with van der Waals surface area (Å²) >= 11 is 4.74. The van der Waals surface area contributed by atoms with Gasteiger partial charge in [0.2, 0.25) is 11.1 Å². The molecular weight excluding hydrogens is 400 g/mol. The molecule has 0 aliphatic carbocycles. The molecule has 0 aliphatic heterocycles. The van der Waals surface area contributed by atoms with Crippen LogP contribution in [0.2, 0.25) is 0 Å². The van der Waals surface area contributed by atoms with E-state index in [9.17, 15) is 4.79 Å². The van der Waals surface area contributed by atoms with Gasteiger partial charge in [0.15, 0.2) is 5.82 Å². The molecule has 7 heteroatoms. The Labute approximate surface area is 159 Å². The molecule has 5 nitrogen and oxygen atoms in total. The Morgan fingerprint density at radius 3 is 2.60 bits per heavy atom. The number of aromatic nitrogens is 3. The van der Waals surface area contributed by atoms with Crippen LogP contribution in [0.4, 0.5) is 0 Å². The lowest BCUT2D eigenvalue weighted by molar-refractivity contribution is -0.127. The van der Waals surface area contributed by atoms with E-state index in [0.29, 0.717) is 23.3 Å². The Hall–Kier alpha value is -2.12. The summed E-state index contributed by atoms with van der Waals surface area (Å²) in [5.41, 5.74) is 2.06. The molecule has 0 atom stereocenters. The van der Waals surface area contributed by atoms with E-state index in [0.717, 1.165) is 15.6 Å². The first-order chi connectivity index (χ1) is 12.1. The van der Waals surface area contributed by atoms with E-state index in [4.69, 9.17) is 0 Å². The van der Waals surface area contributed by atoms with Crippen LogP contribution in [0, 0.1) is 0 Å². The molecule has 1 aromatic heterocycles. The summed E-state index contributed by atoms with van der Waals surface area (Å²) in [7, 11) is 1.80. The lowest BCUT2D eigenvalue weighted by atomic mass is 10.2. The first-order valence-electron chi connectivity index (χ1n) is 7.71. The van der Waals surface area contributed by atoms with Crippen molar-refractivity contribution in [3.63, 3.8) is 0 Å². The lowest BCUT2D eigenvalue weighted by Gasteiger charge is -2.16. The van der Waals surface area contributed by atoms with Gasteiger partial charge in [0.25, 0.3) is 0 Å². The van der Waals surface area contributed by atoms with Crippen LogP contribution in [0.25, 0.3) is 11.4 Å². The average molecular weight is 417 g/mol. The molecular formula is C18H17BrN4OS. The summed E-state index contributed by atoms with van der Waals surface area (Å²) in [4.78, 5) is 18.4. The van der Waals surface area contributed by atoms with Crippen LogP contribution in [0.5, 0.6) is 0 Å². The molecule has 0 aliphatic rings. The number of hydrogen-bond acceptors (Lipinski definition) is 4. The number of hydrogen-bond donors (Lipinski definition) is 1. The number of carbonyl (C=O) groups is 1. The molecule has 3 aromatic rings. The normalized spacial score (nSPS) is 10.6. The molecule has 0 fully saturated rings. The van der Waals surface area contributed by atoms with Gasteiger partial charge in [-0.05, 0) is 17.7 Å². The number of aromatic amines is 1. The maximum Gasteiger partial charge on any atom is 0.233 e. The highest BCUT2D eigenvalue weighted by atomic mass is 79.9. The highest BCUT2D eigenvalue weighted by Gasteiger charge is 2.12. The van der Waals surface area contributed by atoms with Crippen molar-refractivity contribution in [2.45, 2.75) is 11.7 Å². The molecule has 1 heterocycles. The van der Waals surface area contributed by atoms with E-state index in [2.05, 4.69) is 31.1 Å². The Morgan fingerprint density at radius 1 is 1.16 bits per heavy atom. The summed E-state index contributed by atoms with van der Waals surface area (Å²) in [6.07, 6.45) is 0. The van der Waals surface area contributed by atoms with Crippen molar-refractivity contribution in [2.75, 3.05) is 12.8 Å². The summed E-state index contributed by atoms with van der Waals surface area (Å²) in [5, 5.41) is 7.65. The van der Waals surface area contributed by atoms with Crippen LogP contribution in [0.1, 0.15) is 5.56 Å². The molecule has 0 saturated carbocycles. The Kier molecular flexibility index (Phi) is 5.88. The topological polar surface area (TPSA) is 61.9 Å². The maximum atomic E-state index is 12.3. The number of thioether (sulfide) groups is 1. The molecule has 0 spiro atoms. The first kappa shape index (κ1) is 17.7. The number of amides is 1. The van der Waals surface area contributed by atoms with Crippen LogP contribution >= 0.6 is 27.7 Å². The minimum Gasteiger partial charge on any atom is -0.341 e. The van der Waals surface area contributed by atoms with Gasteiger partial charge in [0.05, 0.1) is 5.75 Å². The molecule has 0 bridgehead atoms. The van der Waals surface area contributed by atoms with E-state index in [1.807, 2.05) is 54.6 Å². The molecule has 25 heavy (non-hydrogen) atoms. The van der Waals surface area contributed by atoms with Gasteiger partial charge < -0.3 is 4.90 Å². The second-order valence-electron chi connectivity index (χ2n) is 5.50. The van der Waals surface area contributed by atoms with Gasteiger partial charge in [-0.2, -0.15) is 0 Å². The van der Waals surface area contributed by atoms with Gasteiger partial charge in [-0.3, -0.25) is 9.89 Å². The molecule has 0 saturated heterocycles. The van der Waals surface area contributed by atoms with E-state index < -0.39 is 0 Å². The van der Waals surface area contributed by atoms with Crippen LogP contribution in [0.15, 0.2) is 64.2 Å². The maximum absolute atomic E-state index is 12.3. The van der Waals surface area contributed by atoms with Gasteiger partial charge in [0.1, 0.15) is 0 Å². The molecule has 2 aromatic carbocycles. The largest absolute Gasteiger partial charge is 0.341 e. The van der Waals surface area contributed by atoms with Crippen LogP contribution in [0.3, 0.4) is 0 Å². The van der Waals surface area contributed by atoms with Gasteiger partial charge >= 0.3 is 0 Å². The highest BCUT2D eigenvalue weighted by Crippen LogP contribution is 2.19. The minimum absolute atomic E-state index is 0.0407. The lowest BCUT2D eigenvalue weighted by Crippen LogP contribution is -2.27. The number of nitrogens with one attached hydrogen (secondary N) is 1. The van der Waals surface area contributed by atoms with Gasteiger partial charge in [-0.15, -0.1) is 5.10 Å². The number of H-pyrrole nitrogens is 1. The second-order valence-corrected chi connectivity index (χ2v) is 7.36.